The Morgan fingerprint density at radius 3 is 0.992 bits per heavy atom. The van der Waals surface area contributed by atoms with E-state index in [1.807, 2.05) is 39.0 Å². The molecule has 26 nitrogen and oxygen atoms in total. The first-order valence-electron chi connectivity index (χ1n) is 37.4. The maximum atomic E-state index is 9.91. The quantitative estimate of drug-likeness (QED) is 0.0137. The van der Waals surface area contributed by atoms with Crippen LogP contribution in [0.1, 0.15) is 117 Å². The predicted octanol–water partition coefficient (Wildman–Crippen LogP) is 21.1. The Balaban J connectivity index is 0.000000247. The van der Waals surface area contributed by atoms with E-state index in [-0.39, 0.29) is 147 Å². The number of allylic oxidation sites excluding steroid dienone is 2. The molecule has 0 amide bonds. The van der Waals surface area contributed by atoms with Crippen molar-refractivity contribution in [1.82, 2.24) is 26.6 Å². The van der Waals surface area contributed by atoms with Gasteiger partial charge in [0.05, 0.1) is 54.5 Å². The van der Waals surface area contributed by atoms with Crippen LogP contribution in [0.5, 0.6) is 109 Å². The molecule has 670 valence electrons. The Labute approximate surface area is 813 Å². The first-order valence-corrected chi connectivity index (χ1v) is 44.2. The van der Waals surface area contributed by atoms with Gasteiger partial charge in [-0.2, -0.15) is 10.5 Å². The molecule has 10 aromatic rings. The third kappa shape index (κ3) is 30.3. The smallest absolute Gasteiger partial charge is 0.172 e. The molecule has 37 heteroatoms. The van der Waals surface area contributed by atoms with Gasteiger partial charge in [-0.1, -0.05) is 90.0 Å². The number of phenols is 19. The van der Waals surface area contributed by atoms with Crippen LogP contribution in [-0.4, -0.2) is 122 Å². The highest BCUT2D eigenvalue weighted by molar-refractivity contribution is 9.11. The Hall–Kier alpha value is -11.6. The number of benzene rings is 10. The van der Waals surface area contributed by atoms with E-state index in [1.54, 1.807) is 126 Å². The standard InChI is InChI=1S/C19H20BrNO4S.C18H14Br2N2O3S.C18H15BrN2O4S.2C18H18BrNO4S/c1-3-13(12-8-15(23)10(2)16(24)9-12)21-17(26)7-5-11-4-6-14(22)19(25)18(11)20;1-9-13(19)4-11(6-15(9)23)8-22-18(26)12(7-21)2-10-3-14(20)17(25)16(24)5-10;1-9-14(22)5-11(6-15(9)23)8-21-18(26)12(7-20)2-10-3-13(19)17(25)16(24)4-10;2*1-9(12-6-13(19)18(24)16(23)7-12)3-17(25)20-8-11-4-14(21)10(2)15(22)5-11/h4-9,13,22-25H,3H2,1-2H3,(H,21,26);2-6,23-25H,8H2,1H3,(H,22,26);2-6,22-25H,8H2,1H3,(H,21,26);2*3-7,21-24H,8H2,1-2H3,(H,20,25)/b7-5+;2*12-2+;2*9-3+. The van der Waals surface area contributed by atoms with Crippen LogP contribution < -0.4 is 26.6 Å². The Bertz CT molecular complexity index is 5710. The molecule has 0 aliphatic rings. The Morgan fingerprint density at radius 2 is 0.672 bits per heavy atom. The van der Waals surface area contributed by atoms with Crippen LogP contribution in [0.3, 0.4) is 0 Å². The summed E-state index contributed by atoms with van der Waals surface area (Å²) >= 11 is 45.5. The van der Waals surface area contributed by atoms with Crippen molar-refractivity contribution in [3.63, 3.8) is 0 Å². The summed E-state index contributed by atoms with van der Waals surface area (Å²) in [5.41, 5.74) is 10.9. The second-order valence-corrected chi connectivity index (χ2v) is 35.2. The number of nitrogens with zero attached hydrogens (tertiary/aromatic N) is 2. The number of hydrogen-bond donors (Lipinski definition) is 24. The van der Waals surface area contributed by atoms with Gasteiger partial charge in [-0.25, -0.2) is 0 Å². The molecule has 24 N–H and O–H groups in total. The lowest BCUT2D eigenvalue weighted by Crippen LogP contribution is -2.25. The summed E-state index contributed by atoms with van der Waals surface area (Å²) in [6, 6.07) is 34.8. The fraction of sp³-hybridized carbons (Fsp3) is 0.154. The van der Waals surface area contributed by atoms with Gasteiger partial charge in [0.2, 0.25) is 0 Å². The summed E-state index contributed by atoms with van der Waals surface area (Å²) in [6.07, 6.45) is 10.5. The van der Waals surface area contributed by atoms with E-state index in [9.17, 15) is 108 Å². The molecule has 0 spiro atoms. The Morgan fingerprint density at radius 1 is 0.359 bits per heavy atom. The van der Waals surface area contributed by atoms with Crippen molar-refractivity contribution in [2.75, 3.05) is 0 Å². The highest BCUT2D eigenvalue weighted by Crippen LogP contribution is 2.42. The fourth-order valence-corrected chi connectivity index (χ4v) is 14.8. The number of nitrogens with one attached hydrogen (secondary N) is 5. The van der Waals surface area contributed by atoms with Gasteiger partial charge >= 0.3 is 0 Å². The fourth-order valence-electron chi connectivity index (χ4n) is 11.0. The molecular formula is C91H85Br6N7O19S5. The van der Waals surface area contributed by atoms with Crippen molar-refractivity contribution < 1.29 is 97.0 Å². The van der Waals surface area contributed by atoms with Crippen LogP contribution >= 0.6 is 157 Å². The average molecular weight is 2220 g/mol. The zero-order valence-corrected chi connectivity index (χ0v) is 82.4. The maximum Gasteiger partial charge on any atom is 0.172 e. The summed E-state index contributed by atoms with van der Waals surface area (Å²) in [6.45, 7) is 15.1. The van der Waals surface area contributed by atoms with Gasteiger partial charge in [0.1, 0.15) is 73.9 Å². The Kier molecular flexibility index (Phi) is 39.9. The molecule has 0 aliphatic carbocycles. The second kappa shape index (κ2) is 48.5. The van der Waals surface area contributed by atoms with Crippen LogP contribution in [0.15, 0.2) is 178 Å². The maximum absolute atomic E-state index is 9.91. The lowest BCUT2D eigenvalue weighted by molar-refractivity contribution is 0.401. The number of thiocarbonyl (C=S) groups is 5. The number of aromatic hydroxyl groups is 19. The molecule has 0 heterocycles. The van der Waals surface area contributed by atoms with E-state index in [0.717, 1.165) is 32.3 Å². The van der Waals surface area contributed by atoms with Gasteiger partial charge in [0.25, 0.3) is 0 Å². The normalized spacial score (nSPS) is 11.4. The monoisotopic (exact) mass is 2210 g/mol. The van der Waals surface area contributed by atoms with E-state index in [1.165, 1.54) is 60.7 Å². The molecule has 1 atom stereocenters. The van der Waals surface area contributed by atoms with Gasteiger partial charge in [-0.3, -0.25) is 0 Å². The van der Waals surface area contributed by atoms with Crippen molar-refractivity contribution in [2.24, 2.45) is 0 Å². The molecule has 0 saturated carbocycles. The number of phenolic OH excluding ortho intramolecular Hbond substituents is 19. The highest BCUT2D eigenvalue weighted by atomic mass is 79.9. The summed E-state index contributed by atoms with van der Waals surface area (Å²) in [5, 5.41) is 218. The summed E-state index contributed by atoms with van der Waals surface area (Å²) < 4.78 is 2.52. The van der Waals surface area contributed by atoms with Crippen LogP contribution in [0.4, 0.5) is 0 Å². The van der Waals surface area contributed by atoms with Crippen molar-refractivity contribution >= 4 is 211 Å². The molecule has 0 bridgehead atoms. The minimum atomic E-state index is -0.326. The largest absolute Gasteiger partial charge is 0.508 e. The second-order valence-electron chi connectivity index (χ2n) is 28.0. The third-order valence-corrected chi connectivity index (χ3v) is 24.3. The van der Waals surface area contributed by atoms with Crippen LogP contribution in [0.2, 0.25) is 0 Å². The van der Waals surface area contributed by atoms with E-state index >= 15 is 0 Å². The first-order chi connectivity index (χ1) is 60.1. The van der Waals surface area contributed by atoms with Crippen molar-refractivity contribution in [2.45, 2.75) is 94.0 Å². The van der Waals surface area contributed by atoms with Crippen molar-refractivity contribution in [3.8, 4) is 121 Å². The number of nitriles is 2. The molecule has 0 radical (unpaired) electrons. The van der Waals surface area contributed by atoms with Crippen molar-refractivity contribution in [1.29, 1.82) is 10.5 Å². The van der Waals surface area contributed by atoms with Gasteiger partial charge < -0.3 is 124 Å². The molecule has 0 aliphatic heterocycles. The minimum Gasteiger partial charge on any atom is -0.508 e. The summed E-state index contributed by atoms with van der Waals surface area (Å²) in [5.74, 6) is -2.23. The molecule has 10 aromatic carbocycles. The SMILES string of the molecule is C/C(=C\C(=S)NCc1cc(O)c(C)c(O)c1)c1cc(O)c(O)c(Br)c1.C/C(=C\C(=S)NCc1cc(O)c(C)c(O)c1)c1cc(O)c(O)c(Br)c1.CCC(NC(=S)/C=C/c1ccc(O)c(O)c1Br)c1cc(O)c(C)c(O)c1.Cc1c(O)cc(CNC(=S)/C(C#N)=C/c2cc(O)c(O)c(Br)c2)cc1Br.Cc1c(O)cc(CNC(=S)/C(C#N)=C/c2cc(O)c(O)c(Br)c2)cc1O. The lowest BCUT2D eigenvalue weighted by atomic mass is 10.0. The topological polar surface area (TPSA) is 492 Å². The molecule has 128 heavy (non-hydrogen) atoms. The van der Waals surface area contributed by atoms with Crippen LogP contribution in [-0.2, 0) is 26.2 Å². The van der Waals surface area contributed by atoms with E-state index in [4.69, 9.17) is 61.1 Å². The number of rotatable bonds is 21. The van der Waals surface area contributed by atoms with Gasteiger partial charge in [0.15, 0.2) is 57.5 Å². The summed E-state index contributed by atoms with van der Waals surface area (Å²) in [4.78, 5) is 1.76. The first kappa shape index (κ1) is 105. The summed E-state index contributed by atoms with van der Waals surface area (Å²) in [7, 11) is 0. The lowest BCUT2D eigenvalue weighted by Gasteiger charge is -2.19. The molecule has 0 saturated heterocycles. The highest BCUT2D eigenvalue weighted by Gasteiger charge is 2.19. The molecule has 0 aromatic heterocycles. The molecule has 10 rings (SSSR count). The third-order valence-electron chi connectivity index (χ3n) is 18.7. The molecule has 0 fully saturated rings. The van der Waals surface area contributed by atoms with E-state index in [0.29, 0.717) is 126 Å². The number of halogens is 6. The van der Waals surface area contributed by atoms with Crippen molar-refractivity contribution in [3.05, 3.63) is 261 Å². The van der Waals surface area contributed by atoms with Gasteiger partial charge in [-0.05, 0) is 353 Å². The average Bonchev–Trinajstić information content (AvgIpc) is 0.800. The predicted molar refractivity (Wildman–Crippen MR) is 536 cm³/mol. The minimum absolute atomic E-state index is 0.0267. The van der Waals surface area contributed by atoms with E-state index in [2.05, 4.69) is 122 Å². The molecular weight excluding hydrogens is 2130 g/mol. The van der Waals surface area contributed by atoms with Gasteiger partial charge in [-0.15, -0.1) is 0 Å². The zero-order chi connectivity index (χ0) is 95.7. The van der Waals surface area contributed by atoms with E-state index < -0.39 is 0 Å². The van der Waals surface area contributed by atoms with Gasteiger partial charge in [0, 0.05) is 58.5 Å². The zero-order valence-electron chi connectivity index (χ0n) is 68.8. The molecule has 1 unspecified atom stereocenters. The van der Waals surface area contributed by atoms with Crippen LogP contribution in [0.25, 0.3) is 29.4 Å². The van der Waals surface area contributed by atoms with Crippen LogP contribution in [0, 0.1) is 57.3 Å². The number of hydrogen-bond acceptors (Lipinski definition) is 26.